The van der Waals surface area contributed by atoms with Crippen molar-refractivity contribution in [3.63, 3.8) is 0 Å². The van der Waals surface area contributed by atoms with E-state index in [1.165, 1.54) is 5.39 Å². The summed E-state index contributed by atoms with van der Waals surface area (Å²) in [5, 5.41) is 17.1. The lowest BCUT2D eigenvalue weighted by molar-refractivity contribution is 0.627. The number of nitrogens with one attached hydrogen (secondary N) is 1. The second kappa shape index (κ2) is 9.29. The predicted octanol–water partition coefficient (Wildman–Crippen LogP) is 7.89. The van der Waals surface area contributed by atoms with Gasteiger partial charge in [-0.1, -0.05) is 66.7 Å². The Hall–Kier alpha value is -5.18. The first-order valence-corrected chi connectivity index (χ1v) is 12.9. The van der Waals surface area contributed by atoms with E-state index in [1.54, 1.807) is 6.07 Å². The lowest BCUT2D eigenvalue weighted by Crippen LogP contribution is -2.14. The Labute approximate surface area is 225 Å². The van der Waals surface area contributed by atoms with Gasteiger partial charge in [-0.2, -0.15) is 5.26 Å². The van der Waals surface area contributed by atoms with Gasteiger partial charge in [-0.25, -0.2) is 0 Å². The summed E-state index contributed by atoms with van der Waals surface area (Å²) in [5.41, 5.74) is 7.52. The minimum absolute atomic E-state index is 0.259. The van der Waals surface area contributed by atoms with Gasteiger partial charge in [0.2, 0.25) is 0 Å². The fourth-order valence-electron chi connectivity index (χ4n) is 5.51. The van der Waals surface area contributed by atoms with Gasteiger partial charge in [0.05, 0.1) is 22.7 Å². The number of nitrogens with zero attached hydrogens (tertiary/aromatic N) is 3. The van der Waals surface area contributed by atoms with Gasteiger partial charge in [-0.15, -0.1) is 0 Å². The third-order valence-corrected chi connectivity index (χ3v) is 7.29. The molecule has 5 heteroatoms. The molecule has 0 aliphatic rings. The van der Waals surface area contributed by atoms with Crippen LogP contribution in [0.5, 0.6) is 0 Å². The van der Waals surface area contributed by atoms with E-state index >= 15 is 0 Å². The second-order valence-corrected chi connectivity index (χ2v) is 9.59. The number of furan rings is 1. The lowest BCUT2D eigenvalue weighted by atomic mass is 10.1. The van der Waals surface area contributed by atoms with E-state index in [1.807, 2.05) is 43.6 Å². The molecule has 186 valence electrons. The van der Waals surface area contributed by atoms with Crippen LogP contribution in [0.4, 0.5) is 0 Å². The summed E-state index contributed by atoms with van der Waals surface area (Å²) < 4.78 is 8.76. The van der Waals surface area contributed by atoms with E-state index in [4.69, 9.17) is 9.41 Å². The molecular weight excluding hydrogens is 480 g/mol. The maximum Gasteiger partial charge on any atom is 0.160 e. The van der Waals surface area contributed by atoms with Crippen molar-refractivity contribution in [1.82, 2.24) is 9.88 Å². The molecule has 7 rings (SSSR count). The fourth-order valence-corrected chi connectivity index (χ4v) is 5.51. The molecular formula is C34H24N4O. The van der Waals surface area contributed by atoms with Crippen LogP contribution in [-0.4, -0.2) is 17.8 Å². The van der Waals surface area contributed by atoms with Gasteiger partial charge in [-0.3, -0.25) is 10.3 Å². The molecule has 2 heterocycles. The zero-order valence-electron chi connectivity index (χ0n) is 21.3. The Balaban J connectivity index is 1.40. The van der Waals surface area contributed by atoms with Gasteiger partial charge in [0.1, 0.15) is 11.7 Å². The summed E-state index contributed by atoms with van der Waals surface area (Å²) in [5.74, 6) is 0. The van der Waals surface area contributed by atoms with Crippen molar-refractivity contribution in [3.05, 3.63) is 126 Å². The highest BCUT2D eigenvalue weighted by molar-refractivity contribution is 6.21. The highest BCUT2D eigenvalue weighted by atomic mass is 16.3. The van der Waals surface area contributed by atoms with Crippen molar-refractivity contribution in [1.29, 1.82) is 5.26 Å². The smallest absolute Gasteiger partial charge is 0.160 e. The third-order valence-electron chi connectivity index (χ3n) is 7.29. The molecule has 0 aliphatic heterocycles. The Bertz CT molecular complexity index is 2090. The molecule has 0 aliphatic carbocycles. The summed E-state index contributed by atoms with van der Waals surface area (Å²) in [4.78, 5) is 4.81. The molecule has 0 radical (unpaired) electrons. The molecule has 5 aromatic carbocycles. The van der Waals surface area contributed by atoms with Crippen LogP contribution in [0.15, 0.2) is 119 Å². The molecule has 1 N–H and O–H groups in total. The number of para-hydroxylation sites is 2. The van der Waals surface area contributed by atoms with Gasteiger partial charge in [0.15, 0.2) is 5.58 Å². The molecule has 1 unspecified atom stereocenters. The maximum atomic E-state index is 9.29. The van der Waals surface area contributed by atoms with E-state index in [0.29, 0.717) is 5.56 Å². The minimum Gasteiger partial charge on any atom is -0.454 e. The van der Waals surface area contributed by atoms with Crippen LogP contribution in [0.1, 0.15) is 22.9 Å². The summed E-state index contributed by atoms with van der Waals surface area (Å²) in [6.07, 6.45) is 1.62. The van der Waals surface area contributed by atoms with Crippen molar-refractivity contribution in [3.8, 4) is 11.8 Å². The van der Waals surface area contributed by atoms with E-state index in [0.717, 1.165) is 55.2 Å². The first-order valence-electron chi connectivity index (χ1n) is 12.9. The molecule has 0 saturated carbocycles. The van der Waals surface area contributed by atoms with Crippen LogP contribution in [0, 0.1) is 11.3 Å². The number of nitriles is 1. The van der Waals surface area contributed by atoms with Crippen LogP contribution in [-0.2, 0) is 0 Å². The number of hydrogen-bond donors (Lipinski definition) is 1. The number of aromatic nitrogens is 1. The molecule has 0 amide bonds. The van der Waals surface area contributed by atoms with Gasteiger partial charge in [-0.05, 0) is 60.6 Å². The largest absolute Gasteiger partial charge is 0.454 e. The summed E-state index contributed by atoms with van der Waals surface area (Å²) in [6.45, 7) is 0. The zero-order valence-corrected chi connectivity index (χ0v) is 21.3. The second-order valence-electron chi connectivity index (χ2n) is 9.59. The average Bonchev–Trinajstić information content (AvgIpc) is 3.54. The highest BCUT2D eigenvalue weighted by Gasteiger charge is 2.18. The maximum absolute atomic E-state index is 9.29. The third kappa shape index (κ3) is 3.78. The number of benzene rings is 5. The molecule has 0 bridgehead atoms. The lowest BCUT2D eigenvalue weighted by Gasteiger charge is -2.12. The predicted molar refractivity (Wildman–Crippen MR) is 159 cm³/mol. The summed E-state index contributed by atoms with van der Waals surface area (Å²) >= 11 is 0. The SMILES string of the molecule is CNC(/N=C/c1cccc(-n2c3ccccc3c3ccc4c5ccccc5oc4c32)c1)c1cccc(C#N)c1. The minimum atomic E-state index is -0.259. The molecule has 5 nitrogen and oxygen atoms in total. The summed E-state index contributed by atoms with van der Waals surface area (Å²) in [6, 6.07) is 39.2. The molecule has 7 aromatic rings. The number of hydrogen-bond acceptors (Lipinski definition) is 4. The highest BCUT2D eigenvalue weighted by Crippen LogP contribution is 2.40. The Morgan fingerprint density at radius 1 is 0.821 bits per heavy atom. The standard InChI is InChI=1S/C34H24N4O/c1-36-34(24-10-6-8-22(18-24)20-35)37-21-23-9-7-11-25(19-23)38-30-14-4-2-12-26(30)28-16-17-29-27-13-3-5-15-31(27)39-33(29)32(28)38/h2-19,21,34,36H,1H3/b37-21+. The van der Waals surface area contributed by atoms with Crippen molar-refractivity contribution in [2.24, 2.45) is 4.99 Å². The van der Waals surface area contributed by atoms with Crippen LogP contribution in [0.3, 0.4) is 0 Å². The quantitative estimate of drug-likeness (QED) is 0.242. The Kier molecular flexibility index (Phi) is 5.47. The van der Waals surface area contributed by atoms with Crippen molar-refractivity contribution < 1.29 is 4.42 Å². The molecule has 2 aromatic heterocycles. The van der Waals surface area contributed by atoms with E-state index in [9.17, 15) is 5.26 Å². The normalized spacial score (nSPS) is 12.6. The molecule has 0 saturated heterocycles. The van der Waals surface area contributed by atoms with Gasteiger partial charge >= 0.3 is 0 Å². The number of rotatable bonds is 5. The van der Waals surface area contributed by atoms with E-state index in [-0.39, 0.29) is 6.17 Å². The van der Waals surface area contributed by atoms with Gasteiger partial charge in [0, 0.05) is 33.4 Å². The van der Waals surface area contributed by atoms with Crippen molar-refractivity contribution >= 4 is 50.0 Å². The molecule has 0 spiro atoms. The summed E-state index contributed by atoms with van der Waals surface area (Å²) in [7, 11) is 1.87. The van der Waals surface area contributed by atoms with Crippen molar-refractivity contribution in [2.45, 2.75) is 6.17 Å². The van der Waals surface area contributed by atoms with Crippen LogP contribution < -0.4 is 5.32 Å². The molecule has 0 fully saturated rings. The average molecular weight is 505 g/mol. The Morgan fingerprint density at radius 2 is 1.62 bits per heavy atom. The van der Waals surface area contributed by atoms with Crippen LogP contribution in [0.2, 0.25) is 0 Å². The number of fused-ring (bicyclic) bond motifs is 7. The first-order chi connectivity index (χ1) is 19.2. The van der Waals surface area contributed by atoms with E-state index < -0.39 is 0 Å². The monoisotopic (exact) mass is 504 g/mol. The topological polar surface area (TPSA) is 66.2 Å². The zero-order chi connectivity index (χ0) is 26.3. The number of aliphatic imine (C=N–C) groups is 1. The fraction of sp³-hybridized carbons (Fsp3) is 0.0588. The van der Waals surface area contributed by atoms with Crippen LogP contribution in [0.25, 0.3) is 49.4 Å². The van der Waals surface area contributed by atoms with Crippen LogP contribution >= 0.6 is 0 Å². The van der Waals surface area contributed by atoms with Gasteiger partial charge < -0.3 is 8.98 Å². The first kappa shape index (κ1) is 23.0. The van der Waals surface area contributed by atoms with Crippen molar-refractivity contribution in [2.75, 3.05) is 7.05 Å². The Morgan fingerprint density at radius 3 is 2.49 bits per heavy atom. The van der Waals surface area contributed by atoms with E-state index in [2.05, 4.69) is 88.7 Å². The molecule has 39 heavy (non-hydrogen) atoms. The molecule has 1 atom stereocenters. The van der Waals surface area contributed by atoms with Gasteiger partial charge in [0.25, 0.3) is 0 Å².